The molecule has 8 nitrogen and oxygen atoms in total. The molecule has 2 N–H and O–H groups in total. The number of nitrogens with zero attached hydrogens (tertiary/aromatic N) is 5. The Morgan fingerprint density at radius 3 is 2.69 bits per heavy atom. The van der Waals surface area contributed by atoms with Crippen LogP contribution in [-0.2, 0) is 0 Å². The first-order valence-corrected chi connectivity index (χ1v) is 7.62. The van der Waals surface area contributed by atoms with E-state index in [1.165, 1.54) is 35.8 Å². The van der Waals surface area contributed by atoms with Crippen molar-refractivity contribution in [1.82, 2.24) is 29.7 Å². The van der Waals surface area contributed by atoms with Crippen LogP contribution >= 0.6 is 0 Å². The van der Waals surface area contributed by atoms with Gasteiger partial charge in [-0.25, -0.2) is 24.0 Å². The molecule has 0 aliphatic carbocycles. The topological polar surface area (TPSA) is 101 Å². The number of aromatic nitrogens is 6. The summed E-state index contributed by atoms with van der Waals surface area (Å²) in [5.41, 5.74) is 1.93. The number of aromatic amines is 1. The highest BCUT2D eigenvalue weighted by Gasteiger charge is 2.12. The number of H-pyrrole nitrogens is 1. The highest BCUT2D eigenvalue weighted by atomic mass is 19.1. The third-order valence-corrected chi connectivity index (χ3v) is 3.65. The van der Waals surface area contributed by atoms with Crippen molar-refractivity contribution in [3.63, 3.8) is 0 Å². The van der Waals surface area contributed by atoms with E-state index in [0.29, 0.717) is 17.3 Å². The fourth-order valence-corrected chi connectivity index (χ4v) is 2.39. The van der Waals surface area contributed by atoms with Gasteiger partial charge in [-0.3, -0.25) is 4.79 Å². The van der Waals surface area contributed by atoms with Gasteiger partial charge in [-0.05, 0) is 29.3 Å². The molecule has 0 aliphatic rings. The standard InChI is InChI=1S/C17H12FN7O/c18-13-3-1-11(2-4-13)12-5-14(20-7-12)17(26)24-15-6-16(22-9-21-15)25-10-19-8-23-25/h1-10,20H,(H,21,22,24,26). The summed E-state index contributed by atoms with van der Waals surface area (Å²) < 4.78 is 14.5. The highest BCUT2D eigenvalue weighted by molar-refractivity contribution is 6.03. The SMILES string of the molecule is O=C(Nc1cc(-n2cncn2)ncn1)c1cc(-c2ccc(F)cc2)c[nH]1. The van der Waals surface area contributed by atoms with Crippen molar-refractivity contribution in [2.75, 3.05) is 5.32 Å². The van der Waals surface area contributed by atoms with E-state index in [2.05, 4.69) is 30.4 Å². The Morgan fingerprint density at radius 1 is 1.08 bits per heavy atom. The highest BCUT2D eigenvalue weighted by Crippen LogP contribution is 2.21. The van der Waals surface area contributed by atoms with Crippen molar-refractivity contribution < 1.29 is 9.18 Å². The van der Waals surface area contributed by atoms with Crippen molar-refractivity contribution in [3.05, 3.63) is 73.1 Å². The van der Waals surface area contributed by atoms with E-state index < -0.39 is 0 Å². The molecule has 0 radical (unpaired) electrons. The van der Waals surface area contributed by atoms with Crippen molar-refractivity contribution in [2.45, 2.75) is 0 Å². The predicted molar refractivity (Wildman–Crippen MR) is 91.1 cm³/mol. The molecule has 26 heavy (non-hydrogen) atoms. The number of nitrogens with one attached hydrogen (secondary N) is 2. The Labute approximate surface area is 146 Å². The van der Waals surface area contributed by atoms with Crippen molar-refractivity contribution >= 4 is 11.7 Å². The number of hydrogen-bond acceptors (Lipinski definition) is 5. The number of halogens is 1. The minimum Gasteiger partial charge on any atom is -0.357 e. The van der Waals surface area contributed by atoms with Gasteiger partial charge in [-0.15, -0.1) is 0 Å². The molecule has 3 heterocycles. The number of amides is 1. The third-order valence-electron chi connectivity index (χ3n) is 3.65. The van der Waals surface area contributed by atoms with Gasteiger partial charge in [0.2, 0.25) is 0 Å². The van der Waals surface area contributed by atoms with E-state index in [4.69, 9.17) is 0 Å². The fourth-order valence-electron chi connectivity index (χ4n) is 2.39. The van der Waals surface area contributed by atoms with Gasteiger partial charge in [0.15, 0.2) is 5.82 Å². The van der Waals surface area contributed by atoms with E-state index >= 15 is 0 Å². The zero-order valence-electron chi connectivity index (χ0n) is 13.3. The lowest BCUT2D eigenvalue weighted by Gasteiger charge is -2.04. The molecule has 0 spiro atoms. The zero-order valence-corrected chi connectivity index (χ0v) is 13.3. The number of benzene rings is 1. The van der Waals surface area contributed by atoms with Crippen LogP contribution in [0.2, 0.25) is 0 Å². The zero-order chi connectivity index (χ0) is 17.9. The van der Waals surface area contributed by atoms with Crippen LogP contribution in [0.15, 0.2) is 61.6 Å². The Bertz CT molecular complexity index is 1040. The molecule has 0 aliphatic heterocycles. The maximum absolute atomic E-state index is 13.0. The van der Waals surface area contributed by atoms with Gasteiger partial charge in [-0.1, -0.05) is 12.1 Å². The van der Waals surface area contributed by atoms with Crippen LogP contribution in [0.1, 0.15) is 10.5 Å². The molecule has 9 heteroatoms. The third kappa shape index (κ3) is 3.18. The molecule has 0 atom stereocenters. The average Bonchev–Trinajstić information content (AvgIpc) is 3.35. The molecule has 0 saturated carbocycles. The van der Waals surface area contributed by atoms with Crippen LogP contribution < -0.4 is 5.32 Å². The van der Waals surface area contributed by atoms with E-state index in [9.17, 15) is 9.18 Å². The number of rotatable bonds is 4. The van der Waals surface area contributed by atoms with Gasteiger partial charge < -0.3 is 10.3 Å². The molecule has 0 unspecified atom stereocenters. The number of hydrogen-bond donors (Lipinski definition) is 2. The summed E-state index contributed by atoms with van der Waals surface area (Å²) >= 11 is 0. The minimum atomic E-state index is -0.360. The summed E-state index contributed by atoms with van der Waals surface area (Å²) in [4.78, 5) is 27.3. The van der Waals surface area contributed by atoms with Crippen LogP contribution in [0.3, 0.4) is 0 Å². The van der Waals surface area contributed by atoms with Gasteiger partial charge in [0, 0.05) is 12.3 Å². The normalized spacial score (nSPS) is 10.7. The second-order valence-electron chi connectivity index (χ2n) is 5.36. The molecule has 128 valence electrons. The van der Waals surface area contributed by atoms with Gasteiger partial charge in [0.05, 0.1) is 0 Å². The summed E-state index contributed by atoms with van der Waals surface area (Å²) in [7, 11) is 0. The molecule has 0 fully saturated rings. The van der Waals surface area contributed by atoms with Crippen LogP contribution in [0.5, 0.6) is 0 Å². The Kier molecular flexibility index (Phi) is 3.94. The monoisotopic (exact) mass is 349 g/mol. The molecule has 1 amide bonds. The lowest BCUT2D eigenvalue weighted by atomic mass is 10.1. The second kappa shape index (κ2) is 6.55. The smallest absolute Gasteiger partial charge is 0.273 e. The summed E-state index contributed by atoms with van der Waals surface area (Å²) in [6.45, 7) is 0. The van der Waals surface area contributed by atoms with Crippen LogP contribution in [0.25, 0.3) is 16.9 Å². The van der Waals surface area contributed by atoms with E-state index in [0.717, 1.165) is 11.1 Å². The Balaban J connectivity index is 1.52. The van der Waals surface area contributed by atoms with Crippen LogP contribution in [0.4, 0.5) is 10.2 Å². The Morgan fingerprint density at radius 2 is 1.92 bits per heavy atom. The molecular formula is C17H12FN7O. The maximum Gasteiger partial charge on any atom is 0.273 e. The predicted octanol–water partition coefficient (Wildman–Crippen LogP) is 2.44. The quantitative estimate of drug-likeness (QED) is 0.589. The molecular weight excluding hydrogens is 337 g/mol. The number of carbonyl (C=O) groups excluding carboxylic acids is 1. The second-order valence-corrected chi connectivity index (χ2v) is 5.36. The van der Waals surface area contributed by atoms with Gasteiger partial charge >= 0.3 is 0 Å². The molecule has 4 aromatic rings. The van der Waals surface area contributed by atoms with E-state index in [1.54, 1.807) is 30.5 Å². The average molecular weight is 349 g/mol. The summed E-state index contributed by atoms with van der Waals surface area (Å²) in [5.74, 6) is 0.135. The first kappa shape index (κ1) is 15.6. The van der Waals surface area contributed by atoms with Crippen molar-refractivity contribution in [3.8, 4) is 16.9 Å². The fraction of sp³-hybridized carbons (Fsp3) is 0. The van der Waals surface area contributed by atoms with Crippen molar-refractivity contribution in [2.24, 2.45) is 0 Å². The summed E-state index contributed by atoms with van der Waals surface area (Å²) in [5, 5.41) is 6.67. The van der Waals surface area contributed by atoms with E-state index in [-0.39, 0.29) is 11.7 Å². The summed E-state index contributed by atoms with van der Waals surface area (Å²) in [6.07, 6.45) is 5.89. The maximum atomic E-state index is 13.0. The molecule has 0 saturated heterocycles. The lowest BCUT2D eigenvalue weighted by Crippen LogP contribution is -2.14. The first-order chi connectivity index (χ1) is 12.7. The summed E-state index contributed by atoms with van der Waals surface area (Å²) in [6, 6.07) is 9.30. The molecule has 0 bridgehead atoms. The van der Waals surface area contributed by atoms with Gasteiger partial charge in [0.1, 0.15) is 36.3 Å². The molecule has 1 aromatic carbocycles. The molecule has 4 rings (SSSR count). The molecule has 3 aromatic heterocycles. The van der Waals surface area contributed by atoms with Crippen LogP contribution in [-0.4, -0.2) is 35.6 Å². The Hall–Kier alpha value is -3.88. The largest absolute Gasteiger partial charge is 0.357 e. The van der Waals surface area contributed by atoms with Crippen molar-refractivity contribution in [1.29, 1.82) is 0 Å². The van der Waals surface area contributed by atoms with Crippen LogP contribution in [0, 0.1) is 5.82 Å². The van der Waals surface area contributed by atoms with E-state index in [1.807, 2.05) is 0 Å². The van der Waals surface area contributed by atoms with Gasteiger partial charge in [0.25, 0.3) is 5.91 Å². The number of anilines is 1. The number of carbonyl (C=O) groups is 1. The first-order valence-electron chi connectivity index (χ1n) is 7.62. The van der Waals surface area contributed by atoms with Gasteiger partial charge in [-0.2, -0.15) is 5.10 Å². The minimum absolute atomic E-state index is 0.311. The lowest BCUT2D eigenvalue weighted by molar-refractivity contribution is 0.102.